The van der Waals surface area contributed by atoms with Gasteiger partial charge in [0.15, 0.2) is 0 Å². The van der Waals surface area contributed by atoms with Gasteiger partial charge in [-0.2, -0.15) is 0 Å². The highest BCUT2D eigenvalue weighted by Crippen LogP contribution is 2.22. The lowest BCUT2D eigenvalue weighted by Gasteiger charge is -2.18. The van der Waals surface area contributed by atoms with Crippen molar-refractivity contribution < 1.29 is 19.7 Å². The Hall–Kier alpha value is -0.135. The predicted octanol–water partition coefficient (Wildman–Crippen LogP) is -1.40. The van der Waals surface area contributed by atoms with Crippen LogP contribution in [0.4, 0.5) is 0 Å². The highest BCUT2D eigenvalue weighted by molar-refractivity contribution is 6.11. The Morgan fingerprint density at radius 2 is 1.94 bits per heavy atom. The van der Waals surface area contributed by atoms with Gasteiger partial charge in [-0.1, -0.05) is 12.8 Å². The third kappa shape index (κ3) is 4.56. The third-order valence-corrected chi connectivity index (χ3v) is 3.16. The topological polar surface area (TPSA) is 84.9 Å². The van der Waals surface area contributed by atoms with Gasteiger partial charge in [-0.05, 0) is 19.4 Å². The van der Waals surface area contributed by atoms with Crippen LogP contribution in [0, 0.1) is 0 Å². The number of unbranched alkanes of at least 4 members (excludes halogenated alkanes) is 3. The molecule has 5 nitrogen and oxygen atoms in total. The first kappa shape index (κ1) is 14.9. The van der Waals surface area contributed by atoms with Crippen molar-refractivity contribution in [2.24, 2.45) is 5.73 Å². The van der Waals surface area contributed by atoms with Crippen LogP contribution in [0.3, 0.4) is 0 Å². The van der Waals surface area contributed by atoms with Gasteiger partial charge in [0.05, 0.1) is 12.6 Å². The van der Waals surface area contributed by atoms with Gasteiger partial charge in [0.25, 0.3) is 0 Å². The van der Waals surface area contributed by atoms with Gasteiger partial charge in [-0.25, -0.2) is 0 Å². The molecule has 100 valence electrons. The maximum absolute atomic E-state index is 9.83. The summed E-state index contributed by atoms with van der Waals surface area (Å²) >= 11 is 0. The molecular weight excluding hydrogens is 221 g/mol. The minimum absolute atomic E-state index is 0.161. The molecule has 1 aliphatic heterocycles. The SMILES string of the molecule is B[C@@H]1O[C@H](CO)C(O)[C@@H]1OCCCCCCN. The first-order valence-electron chi connectivity index (χ1n) is 6.46. The highest BCUT2D eigenvalue weighted by atomic mass is 16.6. The van der Waals surface area contributed by atoms with Crippen molar-refractivity contribution in [2.75, 3.05) is 19.8 Å². The maximum Gasteiger partial charge on any atom is 0.142 e. The van der Waals surface area contributed by atoms with Crippen LogP contribution in [0.2, 0.25) is 0 Å². The van der Waals surface area contributed by atoms with Crippen molar-refractivity contribution in [1.29, 1.82) is 0 Å². The summed E-state index contributed by atoms with van der Waals surface area (Å²) in [5, 5.41) is 18.8. The van der Waals surface area contributed by atoms with E-state index < -0.39 is 12.2 Å². The average Bonchev–Trinajstić information content (AvgIpc) is 2.60. The molecule has 1 aliphatic rings. The monoisotopic (exact) mass is 245 g/mol. The normalized spacial score (nSPS) is 33.1. The molecule has 1 rings (SSSR count). The Kier molecular flexibility index (Phi) is 7.07. The predicted molar refractivity (Wildman–Crippen MR) is 67.6 cm³/mol. The molecule has 1 fully saturated rings. The molecule has 1 heterocycles. The summed E-state index contributed by atoms with van der Waals surface area (Å²) in [7, 11) is 1.86. The Labute approximate surface area is 104 Å². The number of rotatable bonds is 8. The summed E-state index contributed by atoms with van der Waals surface area (Å²) in [4.78, 5) is 0. The van der Waals surface area contributed by atoms with E-state index in [0.29, 0.717) is 6.61 Å². The zero-order valence-corrected chi connectivity index (χ0v) is 10.5. The molecule has 17 heavy (non-hydrogen) atoms. The summed E-state index contributed by atoms with van der Waals surface area (Å²) in [5.74, 6) is 0. The lowest BCUT2D eigenvalue weighted by atomic mass is 9.93. The number of aliphatic hydroxyl groups excluding tert-OH is 2. The molecule has 0 saturated carbocycles. The molecule has 6 heteroatoms. The van der Waals surface area contributed by atoms with E-state index in [2.05, 4.69) is 0 Å². The van der Waals surface area contributed by atoms with Crippen molar-refractivity contribution in [3.05, 3.63) is 0 Å². The van der Waals surface area contributed by atoms with Crippen molar-refractivity contribution in [2.45, 2.75) is 50.0 Å². The number of nitrogens with two attached hydrogens (primary N) is 1. The second-order valence-corrected chi connectivity index (χ2v) is 4.59. The molecule has 0 amide bonds. The van der Waals surface area contributed by atoms with Crippen molar-refractivity contribution in [1.82, 2.24) is 0 Å². The van der Waals surface area contributed by atoms with E-state index in [1.807, 2.05) is 7.85 Å². The largest absolute Gasteiger partial charge is 0.394 e. The van der Waals surface area contributed by atoms with Gasteiger partial charge in [-0.3, -0.25) is 0 Å². The molecule has 1 unspecified atom stereocenters. The standard InChI is InChI=1S/C11H24BNO4/c12-11-10(9(15)8(7-14)17-11)16-6-4-2-1-3-5-13/h8-11,14-15H,1-7,12-13H2/t8-,9?,10+,11-/m1/s1. The minimum atomic E-state index is -0.723. The highest BCUT2D eigenvalue weighted by Gasteiger charge is 2.41. The number of hydrogen-bond acceptors (Lipinski definition) is 5. The maximum atomic E-state index is 9.83. The van der Waals surface area contributed by atoms with Crippen molar-refractivity contribution >= 4 is 7.85 Å². The quantitative estimate of drug-likeness (QED) is 0.362. The average molecular weight is 245 g/mol. The van der Waals surface area contributed by atoms with Gasteiger partial charge in [0.1, 0.15) is 26.2 Å². The first-order valence-corrected chi connectivity index (χ1v) is 6.46. The van der Waals surface area contributed by atoms with Gasteiger partial charge in [0.2, 0.25) is 0 Å². The molecule has 4 N–H and O–H groups in total. The summed E-state index contributed by atoms with van der Waals surface area (Å²) in [6.45, 7) is 1.20. The molecule has 0 aromatic heterocycles. The van der Waals surface area contributed by atoms with Gasteiger partial charge in [-0.15, -0.1) is 0 Å². The van der Waals surface area contributed by atoms with E-state index in [0.717, 1.165) is 32.2 Å². The summed E-state index contributed by atoms with van der Waals surface area (Å²) in [6.07, 6.45) is 2.70. The van der Waals surface area contributed by atoms with Crippen LogP contribution in [0.25, 0.3) is 0 Å². The van der Waals surface area contributed by atoms with E-state index in [1.165, 1.54) is 0 Å². The molecule has 0 aromatic rings. The smallest absolute Gasteiger partial charge is 0.142 e. The molecule has 0 aromatic carbocycles. The second-order valence-electron chi connectivity index (χ2n) is 4.59. The van der Waals surface area contributed by atoms with Crippen molar-refractivity contribution in [3.63, 3.8) is 0 Å². The van der Waals surface area contributed by atoms with Crippen LogP contribution in [0.1, 0.15) is 25.7 Å². The van der Waals surface area contributed by atoms with E-state index in [9.17, 15) is 5.11 Å². The molecule has 0 bridgehead atoms. The zero-order valence-electron chi connectivity index (χ0n) is 10.5. The van der Waals surface area contributed by atoms with Crippen LogP contribution >= 0.6 is 0 Å². The summed E-state index contributed by atoms with van der Waals surface area (Å²) in [5.41, 5.74) is 5.41. The van der Waals surface area contributed by atoms with Gasteiger partial charge < -0.3 is 25.4 Å². The van der Waals surface area contributed by atoms with E-state index in [1.54, 1.807) is 0 Å². The molecule has 0 aliphatic carbocycles. The molecule has 1 saturated heterocycles. The fraction of sp³-hybridized carbons (Fsp3) is 1.00. The Morgan fingerprint density at radius 3 is 2.53 bits per heavy atom. The second kappa shape index (κ2) is 8.05. The fourth-order valence-electron chi connectivity index (χ4n) is 2.13. The minimum Gasteiger partial charge on any atom is -0.394 e. The fourth-order valence-corrected chi connectivity index (χ4v) is 2.13. The van der Waals surface area contributed by atoms with Crippen LogP contribution in [-0.2, 0) is 9.47 Å². The summed E-state index contributed by atoms with van der Waals surface area (Å²) in [6, 6.07) is -0.161. The van der Waals surface area contributed by atoms with E-state index in [-0.39, 0.29) is 18.7 Å². The molecule has 4 atom stereocenters. The Balaban J connectivity index is 2.14. The van der Waals surface area contributed by atoms with Gasteiger partial charge in [0, 0.05) is 6.61 Å². The third-order valence-electron chi connectivity index (χ3n) is 3.16. The van der Waals surface area contributed by atoms with Crippen molar-refractivity contribution in [3.8, 4) is 0 Å². The Bertz CT molecular complexity index is 208. The van der Waals surface area contributed by atoms with Crippen LogP contribution < -0.4 is 5.73 Å². The lowest BCUT2D eigenvalue weighted by molar-refractivity contribution is -0.0295. The molecule has 0 radical (unpaired) electrons. The number of ether oxygens (including phenoxy) is 2. The number of hydrogen-bond donors (Lipinski definition) is 3. The zero-order chi connectivity index (χ0) is 12.7. The lowest BCUT2D eigenvalue weighted by Crippen LogP contribution is -2.36. The van der Waals surface area contributed by atoms with Crippen LogP contribution in [0.5, 0.6) is 0 Å². The van der Waals surface area contributed by atoms with E-state index >= 15 is 0 Å². The van der Waals surface area contributed by atoms with Crippen LogP contribution in [-0.4, -0.2) is 62.1 Å². The summed E-state index contributed by atoms with van der Waals surface area (Å²) < 4.78 is 11.0. The number of aliphatic hydroxyl groups is 2. The van der Waals surface area contributed by atoms with Gasteiger partial charge >= 0.3 is 0 Å². The van der Waals surface area contributed by atoms with E-state index in [4.69, 9.17) is 20.3 Å². The van der Waals surface area contributed by atoms with Crippen LogP contribution in [0.15, 0.2) is 0 Å². The Morgan fingerprint density at radius 1 is 1.24 bits per heavy atom. The first-order chi connectivity index (χ1) is 8.20. The molecular formula is C11H24BNO4. The molecule has 0 spiro atoms.